The van der Waals surface area contributed by atoms with Crippen molar-refractivity contribution in [2.45, 2.75) is 32.6 Å². The number of hydrogen-bond acceptors (Lipinski definition) is 6. The van der Waals surface area contributed by atoms with Gasteiger partial charge in [-0.2, -0.15) is 0 Å². The molecule has 0 bridgehead atoms. The third kappa shape index (κ3) is 3.19. The number of rotatable bonds is 4. The molecule has 1 amide bonds. The Bertz CT molecular complexity index is 1070. The van der Waals surface area contributed by atoms with Crippen LogP contribution in [0.4, 0.5) is 5.69 Å². The van der Waals surface area contributed by atoms with Crippen LogP contribution in [0.5, 0.6) is 0 Å². The molecule has 2 heterocycles. The van der Waals surface area contributed by atoms with Gasteiger partial charge >= 0.3 is 5.97 Å². The lowest BCUT2D eigenvalue weighted by Crippen LogP contribution is -2.15. The van der Waals surface area contributed by atoms with Crippen molar-refractivity contribution in [3.8, 4) is 0 Å². The summed E-state index contributed by atoms with van der Waals surface area (Å²) in [6.45, 7) is 3.87. The molecule has 3 aromatic rings. The number of thiophene rings is 1. The van der Waals surface area contributed by atoms with E-state index < -0.39 is 5.97 Å². The summed E-state index contributed by atoms with van der Waals surface area (Å²) in [6, 6.07) is 6.79. The number of carbonyl (C=O) groups excluding carboxylic acids is 2. The molecule has 4 rings (SSSR count). The number of para-hydroxylation sites is 1. The van der Waals surface area contributed by atoms with E-state index in [1.165, 1.54) is 18.4 Å². The fourth-order valence-corrected chi connectivity index (χ4v) is 4.29. The molecule has 1 N–H and O–H groups in total. The first-order valence-corrected chi connectivity index (χ1v) is 9.57. The van der Waals surface area contributed by atoms with Crippen molar-refractivity contribution >= 4 is 39.1 Å². The molecule has 27 heavy (non-hydrogen) atoms. The molecule has 1 aromatic carbocycles. The standard InChI is InChI=1S/C20H19N3O3S/c1-10-15-11(2)21-17(12-8-9-12)23-19(15)27-16(10)18(24)22-14-7-5-4-6-13(14)20(25)26-3/h4-7,12H,8-9H2,1-3H3,(H,22,24). The summed E-state index contributed by atoms with van der Waals surface area (Å²) in [4.78, 5) is 35.6. The Morgan fingerprint density at radius 3 is 2.63 bits per heavy atom. The number of benzene rings is 1. The van der Waals surface area contributed by atoms with Crippen LogP contribution in [0, 0.1) is 13.8 Å². The van der Waals surface area contributed by atoms with Crippen molar-refractivity contribution in [3.63, 3.8) is 0 Å². The maximum Gasteiger partial charge on any atom is 0.339 e. The smallest absolute Gasteiger partial charge is 0.339 e. The van der Waals surface area contributed by atoms with Gasteiger partial charge in [0, 0.05) is 11.3 Å². The van der Waals surface area contributed by atoms with E-state index in [4.69, 9.17) is 4.74 Å². The number of nitrogens with zero attached hydrogens (tertiary/aromatic N) is 2. The van der Waals surface area contributed by atoms with E-state index >= 15 is 0 Å². The highest BCUT2D eigenvalue weighted by atomic mass is 32.1. The summed E-state index contributed by atoms with van der Waals surface area (Å²) in [5, 5.41) is 3.78. The predicted octanol–water partition coefficient (Wildman–Crippen LogP) is 4.22. The second-order valence-electron chi connectivity index (χ2n) is 6.67. The monoisotopic (exact) mass is 381 g/mol. The highest BCUT2D eigenvalue weighted by Crippen LogP contribution is 2.40. The first-order valence-electron chi connectivity index (χ1n) is 8.76. The zero-order chi connectivity index (χ0) is 19.1. The highest BCUT2D eigenvalue weighted by molar-refractivity contribution is 7.20. The van der Waals surface area contributed by atoms with Crippen LogP contribution < -0.4 is 5.32 Å². The summed E-state index contributed by atoms with van der Waals surface area (Å²) >= 11 is 1.37. The maximum absolute atomic E-state index is 12.9. The molecule has 0 atom stereocenters. The number of esters is 1. The zero-order valence-corrected chi connectivity index (χ0v) is 16.1. The molecular weight excluding hydrogens is 362 g/mol. The van der Waals surface area contributed by atoms with E-state index in [-0.39, 0.29) is 5.91 Å². The van der Waals surface area contributed by atoms with Gasteiger partial charge in [0.1, 0.15) is 10.7 Å². The molecule has 0 aliphatic heterocycles. The van der Waals surface area contributed by atoms with Crippen LogP contribution in [-0.2, 0) is 4.74 Å². The molecule has 1 saturated carbocycles. The number of aryl methyl sites for hydroxylation is 2. The Kier molecular flexibility index (Phi) is 4.39. The third-order valence-electron chi connectivity index (χ3n) is 4.72. The minimum atomic E-state index is -0.491. The van der Waals surface area contributed by atoms with E-state index in [1.54, 1.807) is 24.3 Å². The number of nitrogens with one attached hydrogen (secondary N) is 1. The predicted molar refractivity (Wildman–Crippen MR) is 105 cm³/mol. The van der Waals surface area contributed by atoms with Crippen LogP contribution in [0.3, 0.4) is 0 Å². The topological polar surface area (TPSA) is 81.2 Å². The van der Waals surface area contributed by atoms with Crippen molar-refractivity contribution in [3.05, 3.63) is 51.8 Å². The average molecular weight is 381 g/mol. The van der Waals surface area contributed by atoms with Gasteiger partial charge in [0.25, 0.3) is 5.91 Å². The van der Waals surface area contributed by atoms with E-state index in [9.17, 15) is 9.59 Å². The number of carbonyl (C=O) groups is 2. The summed E-state index contributed by atoms with van der Waals surface area (Å²) in [6.07, 6.45) is 2.26. The SMILES string of the molecule is COC(=O)c1ccccc1NC(=O)c1sc2nc(C3CC3)nc(C)c2c1C. The minimum Gasteiger partial charge on any atom is -0.465 e. The van der Waals surface area contributed by atoms with Crippen LogP contribution in [-0.4, -0.2) is 29.0 Å². The van der Waals surface area contributed by atoms with Gasteiger partial charge in [-0.15, -0.1) is 11.3 Å². The Labute approximate surface area is 160 Å². The second-order valence-corrected chi connectivity index (χ2v) is 7.67. The average Bonchev–Trinajstić information content (AvgIpc) is 3.45. The molecule has 6 nitrogen and oxygen atoms in total. The molecule has 0 spiro atoms. The molecule has 1 aliphatic carbocycles. The van der Waals surface area contributed by atoms with E-state index in [0.717, 1.165) is 40.1 Å². The molecule has 0 unspecified atom stereocenters. The molecule has 1 aliphatic rings. The number of amides is 1. The van der Waals surface area contributed by atoms with Crippen molar-refractivity contribution in [1.82, 2.24) is 9.97 Å². The lowest BCUT2D eigenvalue weighted by Gasteiger charge is -2.09. The molecule has 0 radical (unpaired) electrons. The van der Waals surface area contributed by atoms with E-state index in [0.29, 0.717) is 22.0 Å². The Morgan fingerprint density at radius 2 is 1.93 bits per heavy atom. The van der Waals surface area contributed by atoms with Crippen LogP contribution >= 0.6 is 11.3 Å². The maximum atomic E-state index is 12.9. The van der Waals surface area contributed by atoms with Crippen LogP contribution in [0.1, 0.15) is 55.9 Å². The van der Waals surface area contributed by atoms with Gasteiger partial charge in [0.15, 0.2) is 0 Å². The van der Waals surface area contributed by atoms with Gasteiger partial charge in [0.2, 0.25) is 0 Å². The van der Waals surface area contributed by atoms with Crippen molar-refractivity contribution in [2.75, 3.05) is 12.4 Å². The lowest BCUT2D eigenvalue weighted by atomic mass is 10.1. The molecule has 138 valence electrons. The second kappa shape index (κ2) is 6.74. The summed E-state index contributed by atoms with van der Waals surface area (Å²) in [5.74, 6) is 0.581. The minimum absolute atomic E-state index is 0.265. The van der Waals surface area contributed by atoms with Gasteiger partial charge in [-0.05, 0) is 44.4 Å². The summed E-state index contributed by atoms with van der Waals surface area (Å²) < 4.78 is 4.79. The Morgan fingerprint density at radius 1 is 1.19 bits per heavy atom. The van der Waals surface area contributed by atoms with E-state index in [2.05, 4.69) is 15.3 Å². The van der Waals surface area contributed by atoms with Crippen molar-refractivity contribution in [1.29, 1.82) is 0 Å². The molecule has 2 aromatic heterocycles. The van der Waals surface area contributed by atoms with Gasteiger partial charge in [-0.25, -0.2) is 14.8 Å². The molecule has 1 fully saturated rings. The van der Waals surface area contributed by atoms with Gasteiger partial charge < -0.3 is 10.1 Å². The van der Waals surface area contributed by atoms with Crippen LogP contribution in [0.15, 0.2) is 24.3 Å². The molecule has 7 heteroatoms. The van der Waals surface area contributed by atoms with Crippen LogP contribution in [0.25, 0.3) is 10.2 Å². The number of hydrogen-bond donors (Lipinski definition) is 1. The normalized spacial score (nSPS) is 13.6. The van der Waals surface area contributed by atoms with Gasteiger partial charge in [-0.1, -0.05) is 12.1 Å². The first kappa shape index (κ1) is 17.6. The van der Waals surface area contributed by atoms with Crippen molar-refractivity contribution in [2.24, 2.45) is 0 Å². The largest absolute Gasteiger partial charge is 0.465 e. The molecular formula is C20H19N3O3S. The highest BCUT2D eigenvalue weighted by Gasteiger charge is 2.28. The summed E-state index contributed by atoms with van der Waals surface area (Å²) in [7, 11) is 1.32. The fourth-order valence-electron chi connectivity index (χ4n) is 3.16. The molecule has 0 saturated heterocycles. The summed E-state index contributed by atoms with van der Waals surface area (Å²) in [5.41, 5.74) is 2.51. The fraction of sp³-hybridized carbons (Fsp3) is 0.300. The van der Waals surface area contributed by atoms with E-state index in [1.807, 2.05) is 13.8 Å². The lowest BCUT2D eigenvalue weighted by molar-refractivity contribution is 0.0602. The van der Waals surface area contributed by atoms with Gasteiger partial charge in [-0.3, -0.25) is 4.79 Å². The Balaban J connectivity index is 1.70. The number of methoxy groups -OCH3 is 1. The third-order valence-corrected chi connectivity index (χ3v) is 5.90. The number of aromatic nitrogens is 2. The number of anilines is 1. The number of fused-ring (bicyclic) bond motifs is 1. The Hall–Kier alpha value is -2.80. The first-order chi connectivity index (χ1) is 13.0. The quantitative estimate of drug-likeness (QED) is 0.684. The van der Waals surface area contributed by atoms with Crippen LogP contribution in [0.2, 0.25) is 0 Å². The van der Waals surface area contributed by atoms with Crippen molar-refractivity contribution < 1.29 is 14.3 Å². The number of ether oxygens (including phenoxy) is 1. The zero-order valence-electron chi connectivity index (χ0n) is 15.3. The van der Waals surface area contributed by atoms with Gasteiger partial charge in [0.05, 0.1) is 28.9 Å².